The van der Waals surface area contributed by atoms with Gasteiger partial charge in [0.05, 0.1) is 0 Å². The lowest BCUT2D eigenvalue weighted by atomic mass is 10.3. The maximum atomic E-state index is 11.8. The first kappa shape index (κ1) is 20.0. The summed E-state index contributed by atoms with van der Waals surface area (Å²) in [5.74, 6) is 1.10. The molecule has 1 unspecified atom stereocenters. The van der Waals surface area contributed by atoms with Crippen LogP contribution in [0.25, 0.3) is 0 Å². The van der Waals surface area contributed by atoms with Crippen LogP contribution < -0.4 is 10.6 Å². The minimum absolute atomic E-state index is 0.246. The SMILES string of the molecule is CCC(=O)N1CCC(NC(=NC)NCCCN2CCCN(C)CC2)C1. The van der Waals surface area contributed by atoms with Crippen LogP contribution in [-0.4, -0.2) is 99.1 Å². The lowest BCUT2D eigenvalue weighted by Gasteiger charge is -2.21. The van der Waals surface area contributed by atoms with Gasteiger partial charge < -0.3 is 25.3 Å². The number of hydrogen-bond acceptors (Lipinski definition) is 4. The Bertz CT molecular complexity index is 441. The van der Waals surface area contributed by atoms with Crippen LogP contribution in [0, 0.1) is 0 Å². The monoisotopic (exact) mass is 352 g/mol. The van der Waals surface area contributed by atoms with Gasteiger partial charge in [0.25, 0.3) is 0 Å². The molecule has 25 heavy (non-hydrogen) atoms. The lowest BCUT2D eigenvalue weighted by Crippen LogP contribution is -2.45. The molecule has 0 saturated carbocycles. The number of nitrogens with zero attached hydrogens (tertiary/aromatic N) is 4. The largest absolute Gasteiger partial charge is 0.356 e. The standard InChI is InChI=1S/C18H36N6O/c1-4-17(25)24-12-7-16(15-24)21-18(19-2)20-8-5-10-23-11-6-9-22(3)13-14-23/h16H,4-15H2,1-3H3,(H2,19,20,21). The molecule has 0 radical (unpaired) electrons. The molecule has 1 amide bonds. The average molecular weight is 353 g/mol. The molecule has 2 aliphatic rings. The molecule has 0 spiro atoms. The summed E-state index contributed by atoms with van der Waals surface area (Å²) in [4.78, 5) is 23.0. The number of guanidine groups is 1. The molecular weight excluding hydrogens is 316 g/mol. The average Bonchev–Trinajstić information content (AvgIpc) is 2.99. The van der Waals surface area contributed by atoms with Crippen LogP contribution in [0.3, 0.4) is 0 Å². The number of aliphatic imine (C=N–C) groups is 1. The van der Waals surface area contributed by atoms with Crippen molar-refractivity contribution >= 4 is 11.9 Å². The molecule has 2 aliphatic heterocycles. The summed E-state index contributed by atoms with van der Waals surface area (Å²) in [5, 5.41) is 6.87. The van der Waals surface area contributed by atoms with Crippen molar-refractivity contribution in [3.63, 3.8) is 0 Å². The summed E-state index contributed by atoms with van der Waals surface area (Å²) in [6, 6.07) is 0.308. The predicted octanol–water partition coefficient (Wildman–Crippen LogP) is 0.190. The Morgan fingerprint density at radius 1 is 1.20 bits per heavy atom. The van der Waals surface area contributed by atoms with Gasteiger partial charge in [0.1, 0.15) is 0 Å². The van der Waals surface area contributed by atoms with Gasteiger partial charge in [-0.15, -0.1) is 0 Å². The number of nitrogens with one attached hydrogen (secondary N) is 2. The fourth-order valence-electron chi connectivity index (χ4n) is 3.55. The summed E-state index contributed by atoms with van der Waals surface area (Å²) in [6.07, 6.45) is 3.97. The van der Waals surface area contributed by atoms with Crippen molar-refractivity contribution in [1.29, 1.82) is 0 Å². The number of hydrogen-bond donors (Lipinski definition) is 2. The number of rotatable bonds is 6. The van der Waals surface area contributed by atoms with Crippen LogP contribution in [0.2, 0.25) is 0 Å². The van der Waals surface area contributed by atoms with Gasteiger partial charge in [-0.2, -0.15) is 0 Å². The number of likely N-dealkylation sites (tertiary alicyclic amines) is 1. The minimum Gasteiger partial charge on any atom is -0.356 e. The van der Waals surface area contributed by atoms with Crippen molar-refractivity contribution in [2.45, 2.75) is 38.6 Å². The van der Waals surface area contributed by atoms with E-state index in [0.29, 0.717) is 12.5 Å². The molecule has 2 heterocycles. The molecule has 2 N–H and O–H groups in total. The Morgan fingerprint density at radius 3 is 2.80 bits per heavy atom. The maximum Gasteiger partial charge on any atom is 0.222 e. The molecule has 0 aliphatic carbocycles. The predicted molar refractivity (Wildman–Crippen MR) is 103 cm³/mol. The number of carbonyl (C=O) groups is 1. The highest BCUT2D eigenvalue weighted by Gasteiger charge is 2.25. The summed E-state index contributed by atoms with van der Waals surface area (Å²) >= 11 is 0. The molecule has 7 heteroatoms. The van der Waals surface area contributed by atoms with Crippen LogP contribution in [-0.2, 0) is 4.79 Å². The fraction of sp³-hybridized carbons (Fsp3) is 0.889. The zero-order valence-electron chi connectivity index (χ0n) is 16.3. The molecule has 1 atom stereocenters. The van der Waals surface area contributed by atoms with Crippen LogP contribution in [0.4, 0.5) is 0 Å². The van der Waals surface area contributed by atoms with Crippen molar-refractivity contribution < 1.29 is 4.79 Å². The fourth-order valence-corrected chi connectivity index (χ4v) is 3.55. The minimum atomic E-state index is 0.246. The molecule has 144 valence electrons. The molecule has 0 aromatic carbocycles. The first-order valence-electron chi connectivity index (χ1n) is 9.78. The number of likely N-dealkylation sites (N-methyl/N-ethyl adjacent to an activating group) is 1. The van der Waals surface area contributed by atoms with Gasteiger partial charge in [-0.1, -0.05) is 6.92 Å². The molecule has 0 aromatic rings. The first-order chi connectivity index (χ1) is 12.1. The zero-order valence-corrected chi connectivity index (χ0v) is 16.3. The highest BCUT2D eigenvalue weighted by Crippen LogP contribution is 2.10. The van der Waals surface area contributed by atoms with Gasteiger partial charge in [-0.3, -0.25) is 9.79 Å². The molecule has 2 fully saturated rings. The second kappa shape index (κ2) is 10.6. The van der Waals surface area contributed by atoms with Crippen LogP contribution in [0.1, 0.15) is 32.6 Å². The summed E-state index contributed by atoms with van der Waals surface area (Å²) < 4.78 is 0. The van der Waals surface area contributed by atoms with E-state index in [0.717, 1.165) is 45.0 Å². The third-order valence-corrected chi connectivity index (χ3v) is 5.16. The first-order valence-corrected chi connectivity index (χ1v) is 9.78. The van der Waals surface area contributed by atoms with E-state index in [1.165, 1.54) is 32.6 Å². The Labute approximate surface area is 152 Å². The Balaban J connectivity index is 1.61. The third-order valence-electron chi connectivity index (χ3n) is 5.16. The third kappa shape index (κ3) is 6.82. The maximum absolute atomic E-state index is 11.8. The summed E-state index contributed by atoms with van der Waals surface area (Å²) in [6.45, 7) is 10.4. The van der Waals surface area contributed by atoms with E-state index in [1.807, 2.05) is 18.9 Å². The van der Waals surface area contributed by atoms with Crippen molar-refractivity contribution in [1.82, 2.24) is 25.3 Å². The lowest BCUT2D eigenvalue weighted by molar-refractivity contribution is -0.129. The second-order valence-corrected chi connectivity index (χ2v) is 7.17. The zero-order chi connectivity index (χ0) is 18.1. The van der Waals surface area contributed by atoms with Gasteiger partial charge in [0.15, 0.2) is 5.96 Å². The molecule has 0 aromatic heterocycles. The molecule has 0 bridgehead atoms. The van der Waals surface area contributed by atoms with Gasteiger partial charge >= 0.3 is 0 Å². The van der Waals surface area contributed by atoms with E-state index in [4.69, 9.17) is 0 Å². The Kier molecular flexibility index (Phi) is 8.48. The van der Waals surface area contributed by atoms with E-state index in [9.17, 15) is 4.79 Å². The van der Waals surface area contributed by atoms with Gasteiger partial charge in [-0.25, -0.2) is 0 Å². The van der Waals surface area contributed by atoms with E-state index in [-0.39, 0.29) is 5.91 Å². The molecule has 7 nitrogen and oxygen atoms in total. The Hall–Kier alpha value is -1.34. The highest BCUT2D eigenvalue weighted by atomic mass is 16.2. The quantitative estimate of drug-likeness (QED) is 0.406. The van der Waals surface area contributed by atoms with Crippen LogP contribution >= 0.6 is 0 Å². The number of amides is 1. The van der Waals surface area contributed by atoms with Crippen molar-refractivity contribution in [3.05, 3.63) is 0 Å². The van der Waals surface area contributed by atoms with Gasteiger partial charge in [0, 0.05) is 52.2 Å². The normalized spacial score (nSPS) is 23.6. The molecule has 2 rings (SSSR count). The van der Waals surface area contributed by atoms with E-state index >= 15 is 0 Å². The molecular formula is C18H36N6O. The smallest absolute Gasteiger partial charge is 0.222 e. The van der Waals surface area contributed by atoms with Crippen molar-refractivity contribution in [2.75, 3.05) is 66.5 Å². The van der Waals surface area contributed by atoms with E-state index < -0.39 is 0 Å². The topological polar surface area (TPSA) is 63.2 Å². The second-order valence-electron chi connectivity index (χ2n) is 7.17. The number of carbonyl (C=O) groups excluding carboxylic acids is 1. The van der Waals surface area contributed by atoms with E-state index in [2.05, 4.69) is 32.5 Å². The molecule has 2 saturated heterocycles. The van der Waals surface area contributed by atoms with Gasteiger partial charge in [0.2, 0.25) is 5.91 Å². The van der Waals surface area contributed by atoms with E-state index in [1.54, 1.807) is 0 Å². The van der Waals surface area contributed by atoms with Crippen molar-refractivity contribution in [2.24, 2.45) is 4.99 Å². The van der Waals surface area contributed by atoms with Gasteiger partial charge in [-0.05, 0) is 45.9 Å². The Morgan fingerprint density at radius 2 is 2.04 bits per heavy atom. The van der Waals surface area contributed by atoms with Crippen LogP contribution in [0.5, 0.6) is 0 Å². The van der Waals surface area contributed by atoms with Crippen LogP contribution in [0.15, 0.2) is 4.99 Å². The van der Waals surface area contributed by atoms with Crippen molar-refractivity contribution in [3.8, 4) is 0 Å². The highest BCUT2D eigenvalue weighted by molar-refractivity contribution is 5.80. The summed E-state index contributed by atoms with van der Waals surface area (Å²) in [5.41, 5.74) is 0. The summed E-state index contributed by atoms with van der Waals surface area (Å²) in [7, 11) is 4.02.